The molecule has 0 amide bonds. The Kier molecular flexibility index (Phi) is 7.77. The van der Waals surface area contributed by atoms with E-state index in [9.17, 15) is 0 Å². The first kappa shape index (κ1) is 20.1. The highest BCUT2D eigenvalue weighted by molar-refractivity contribution is 7.99. The van der Waals surface area contributed by atoms with Gasteiger partial charge in [0, 0.05) is 33.9 Å². The quantitative estimate of drug-likeness (QED) is 0.346. The minimum Gasteiger partial charge on any atom is -0.336 e. The van der Waals surface area contributed by atoms with Crippen molar-refractivity contribution in [3.05, 3.63) is 93.0 Å². The van der Waals surface area contributed by atoms with E-state index in [0.717, 1.165) is 16.6 Å². The maximum atomic E-state index is 8.36. The molecule has 2 aromatic carbocycles. The Bertz CT molecular complexity index is 808. The fraction of sp³-hybridized carbons (Fsp3) is 0.118. The zero-order valence-electron chi connectivity index (χ0n) is 13.4. The molecule has 0 spiro atoms. The molecule has 0 saturated carbocycles. The molecule has 136 valence electrons. The van der Waals surface area contributed by atoms with Crippen LogP contribution < -0.4 is 0 Å². The topological polar surface area (TPSA) is 81.2 Å². The van der Waals surface area contributed by atoms with Crippen LogP contribution in [0.1, 0.15) is 10.8 Å². The first-order chi connectivity index (χ1) is 12.4. The summed E-state index contributed by atoms with van der Waals surface area (Å²) in [5, 5.41) is 15.4. The van der Waals surface area contributed by atoms with Crippen LogP contribution in [0.3, 0.4) is 0 Å². The molecule has 0 saturated heterocycles. The second kappa shape index (κ2) is 10.1. The fourth-order valence-electron chi connectivity index (χ4n) is 2.15. The number of hydrogen-bond donors (Lipinski definition) is 1. The Labute approximate surface area is 164 Å². The maximum absolute atomic E-state index is 8.36. The van der Waals surface area contributed by atoms with Crippen molar-refractivity contribution in [2.24, 2.45) is 0 Å². The predicted molar refractivity (Wildman–Crippen MR) is 103 cm³/mol. The van der Waals surface area contributed by atoms with Gasteiger partial charge >= 0.3 is 0 Å². The van der Waals surface area contributed by atoms with E-state index in [-0.39, 0.29) is 5.25 Å². The summed E-state index contributed by atoms with van der Waals surface area (Å²) in [6.45, 7) is 0.842. The van der Waals surface area contributed by atoms with E-state index in [0.29, 0.717) is 0 Å². The van der Waals surface area contributed by atoms with Crippen LogP contribution in [0.5, 0.6) is 0 Å². The summed E-state index contributed by atoms with van der Waals surface area (Å²) >= 11 is 13.8. The Balaban J connectivity index is 0.000000552. The molecule has 0 fully saturated rings. The molecule has 9 heteroatoms. The monoisotopic (exact) mass is 411 g/mol. The zero-order chi connectivity index (χ0) is 18.9. The SMILES string of the molecule is Clc1ccc(SC(Cn2ccnc2)c2ccc(Cl)cc2)cc1.O=[N+]([O-])O. The molecule has 0 radical (unpaired) electrons. The second-order valence-electron chi connectivity index (χ2n) is 5.11. The van der Waals surface area contributed by atoms with Gasteiger partial charge in [0.05, 0.1) is 11.6 Å². The lowest BCUT2D eigenvalue weighted by molar-refractivity contribution is -0.742. The molecule has 6 nitrogen and oxygen atoms in total. The number of aromatic nitrogens is 2. The minimum atomic E-state index is -1.50. The standard InChI is InChI=1S/C17H14Cl2N2S.HNO3/c18-14-3-1-13(2-4-14)17(11-21-10-9-20-12-21)22-16-7-5-15(19)6-8-16;2-1(3)4/h1-10,12,17H,11H2;(H,2,3,4). The van der Waals surface area contributed by atoms with Crippen molar-refractivity contribution in [2.75, 3.05) is 0 Å². The molecule has 1 heterocycles. The van der Waals surface area contributed by atoms with E-state index in [4.69, 9.17) is 38.5 Å². The third-order valence-electron chi connectivity index (χ3n) is 3.27. The number of benzene rings is 2. The molecule has 0 aliphatic rings. The van der Waals surface area contributed by atoms with E-state index in [2.05, 4.69) is 21.7 Å². The van der Waals surface area contributed by atoms with Gasteiger partial charge in [-0.05, 0) is 42.0 Å². The van der Waals surface area contributed by atoms with Crippen molar-refractivity contribution in [1.82, 2.24) is 9.55 Å². The van der Waals surface area contributed by atoms with Crippen molar-refractivity contribution >= 4 is 35.0 Å². The predicted octanol–water partition coefficient (Wildman–Crippen LogP) is 5.38. The highest BCUT2D eigenvalue weighted by Gasteiger charge is 2.14. The third-order valence-corrected chi connectivity index (χ3v) is 5.02. The number of thioether (sulfide) groups is 1. The lowest BCUT2D eigenvalue weighted by atomic mass is 10.1. The van der Waals surface area contributed by atoms with E-state index < -0.39 is 5.09 Å². The van der Waals surface area contributed by atoms with Crippen LogP contribution in [0, 0.1) is 10.1 Å². The van der Waals surface area contributed by atoms with Crippen LogP contribution >= 0.6 is 35.0 Å². The lowest BCUT2D eigenvalue weighted by Crippen LogP contribution is -2.04. The van der Waals surface area contributed by atoms with Gasteiger partial charge in [-0.2, -0.15) is 0 Å². The van der Waals surface area contributed by atoms with E-state index in [1.54, 1.807) is 18.0 Å². The lowest BCUT2D eigenvalue weighted by Gasteiger charge is -2.18. The number of hydrogen-bond acceptors (Lipinski definition) is 4. The van der Waals surface area contributed by atoms with Gasteiger partial charge in [0.2, 0.25) is 0 Å². The van der Waals surface area contributed by atoms with Gasteiger partial charge in [0.1, 0.15) is 0 Å². The summed E-state index contributed by atoms with van der Waals surface area (Å²) in [6, 6.07) is 15.9. The number of nitrogens with zero attached hydrogens (tertiary/aromatic N) is 3. The molecule has 0 aliphatic carbocycles. The largest absolute Gasteiger partial charge is 0.336 e. The summed E-state index contributed by atoms with van der Waals surface area (Å²) in [5.41, 5.74) is 1.23. The molecule has 3 aromatic rings. The van der Waals surface area contributed by atoms with Crippen molar-refractivity contribution in [3.8, 4) is 0 Å². The van der Waals surface area contributed by atoms with Gasteiger partial charge in [-0.1, -0.05) is 35.3 Å². The normalized spacial score (nSPS) is 11.3. The summed E-state index contributed by atoms with van der Waals surface area (Å²) in [5.74, 6) is 0. The number of halogens is 2. The molecule has 26 heavy (non-hydrogen) atoms. The highest BCUT2D eigenvalue weighted by atomic mass is 35.5. The first-order valence-electron chi connectivity index (χ1n) is 7.40. The van der Waals surface area contributed by atoms with E-state index >= 15 is 0 Å². The molecular formula is C17H15Cl2N3O3S. The Morgan fingerprint density at radius 2 is 1.65 bits per heavy atom. The van der Waals surface area contributed by atoms with Gasteiger partial charge < -0.3 is 9.77 Å². The molecule has 1 N–H and O–H groups in total. The van der Waals surface area contributed by atoms with Crippen LogP contribution in [0.15, 0.2) is 72.1 Å². The van der Waals surface area contributed by atoms with Crippen molar-refractivity contribution in [1.29, 1.82) is 0 Å². The summed E-state index contributed by atoms with van der Waals surface area (Å²) in [7, 11) is 0. The van der Waals surface area contributed by atoms with E-state index in [1.165, 1.54) is 10.5 Å². The van der Waals surface area contributed by atoms with Gasteiger partial charge in [-0.15, -0.1) is 21.9 Å². The zero-order valence-corrected chi connectivity index (χ0v) is 15.7. The van der Waals surface area contributed by atoms with Gasteiger partial charge in [0.25, 0.3) is 5.09 Å². The van der Waals surface area contributed by atoms with Crippen molar-refractivity contribution in [2.45, 2.75) is 16.7 Å². The minimum absolute atomic E-state index is 0.271. The summed E-state index contributed by atoms with van der Waals surface area (Å²) in [6.07, 6.45) is 5.61. The van der Waals surface area contributed by atoms with Crippen LogP contribution in [0.4, 0.5) is 0 Å². The van der Waals surface area contributed by atoms with Crippen LogP contribution in [-0.2, 0) is 6.54 Å². The van der Waals surface area contributed by atoms with Crippen molar-refractivity contribution < 1.29 is 10.3 Å². The van der Waals surface area contributed by atoms with Crippen LogP contribution in [-0.4, -0.2) is 19.8 Å². The number of imidazole rings is 1. The fourth-order valence-corrected chi connectivity index (χ4v) is 3.57. The Morgan fingerprint density at radius 1 is 1.12 bits per heavy atom. The molecule has 0 bridgehead atoms. The molecule has 1 atom stereocenters. The average molecular weight is 412 g/mol. The molecule has 1 unspecified atom stereocenters. The summed E-state index contributed by atoms with van der Waals surface area (Å²) < 4.78 is 2.09. The number of rotatable bonds is 5. The van der Waals surface area contributed by atoms with E-state index in [1.807, 2.05) is 48.9 Å². The Hall–Kier alpha value is -2.22. The first-order valence-corrected chi connectivity index (χ1v) is 9.04. The van der Waals surface area contributed by atoms with Gasteiger partial charge in [0.15, 0.2) is 0 Å². The summed E-state index contributed by atoms with van der Waals surface area (Å²) in [4.78, 5) is 13.7. The van der Waals surface area contributed by atoms with Gasteiger partial charge in [-0.25, -0.2) is 4.98 Å². The third kappa shape index (κ3) is 6.95. The maximum Gasteiger partial charge on any atom is 0.291 e. The molecule has 3 rings (SSSR count). The highest BCUT2D eigenvalue weighted by Crippen LogP contribution is 2.37. The average Bonchev–Trinajstić information content (AvgIpc) is 3.10. The van der Waals surface area contributed by atoms with Gasteiger partial charge in [-0.3, -0.25) is 0 Å². The van der Waals surface area contributed by atoms with Crippen LogP contribution in [0.25, 0.3) is 0 Å². The molecular weight excluding hydrogens is 397 g/mol. The molecule has 0 aliphatic heterocycles. The smallest absolute Gasteiger partial charge is 0.291 e. The molecule has 1 aromatic heterocycles. The van der Waals surface area contributed by atoms with Crippen LogP contribution in [0.2, 0.25) is 10.0 Å². The van der Waals surface area contributed by atoms with Crippen molar-refractivity contribution in [3.63, 3.8) is 0 Å². The Morgan fingerprint density at radius 3 is 2.15 bits per heavy atom. The second-order valence-corrected chi connectivity index (χ2v) is 7.26.